The Bertz CT molecular complexity index is 5730. The van der Waals surface area contributed by atoms with Crippen LogP contribution in [-0.4, -0.2) is 167 Å². The van der Waals surface area contributed by atoms with Crippen LogP contribution in [0.3, 0.4) is 0 Å². The van der Waals surface area contributed by atoms with Gasteiger partial charge in [0.2, 0.25) is 17.7 Å². The predicted molar refractivity (Wildman–Crippen MR) is 397 cm³/mol. The van der Waals surface area contributed by atoms with Crippen molar-refractivity contribution in [3.8, 4) is 45.8 Å². The van der Waals surface area contributed by atoms with Gasteiger partial charge in [0.25, 0.3) is 0 Å². The Kier molecular flexibility index (Phi) is 17.8. The predicted octanol–water partition coefficient (Wildman–Crippen LogP) is 14.2. The molecule has 6 saturated heterocycles. The Labute approximate surface area is 613 Å². The van der Waals surface area contributed by atoms with Gasteiger partial charge in [-0.15, -0.1) is 0 Å². The number of aromatic nitrogens is 9. The molecule has 0 bridgehead atoms. The summed E-state index contributed by atoms with van der Waals surface area (Å²) in [5.41, 5.74) is 3.23. The average molecular weight is 1470 g/mol. The van der Waals surface area contributed by atoms with Crippen molar-refractivity contribution in [3.05, 3.63) is 205 Å². The highest BCUT2D eigenvalue weighted by Gasteiger charge is 2.52. The van der Waals surface area contributed by atoms with E-state index in [0.29, 0.717) is 112 Å². The molecule has 6 aliphatic heterocycles. The Hall–Kier alpha value is -11.6. The van der Waals surface area contributed by atoms with Crippen molar-refractivity contribution in [1.29, 1.82) is 0 Å². The van der Waals surface area contributed by atoms with Gasteiger partial charge in [-0.25, -0.2) is 31.9 Å². The summed E-state index contributed by atoms with van der Waals surface area (Å²) in [5, 5.41) is 5.29. The summed E-state index contributed by atoms with van der Waals surface area (Å²) < 4.78 is 87.4. The van der Waals surface area contributed by atoms with Crippen LogP contribution in [0.5, 0.6) is 12.0 Å². The highest BCUT2D eigenvalue weighted by atomic mass is 35.5. The van der Waals surface area contributed by atoms with E-state index in [9.17, 15) is 23.2 Å². The topological polar surface area (TPSA) is 205 Å². The number of ether oxygens (including phenoxy) is 2. The normalized spacial score (nSPS) is 19.0. The highest BCUT2D eigenvalue weighted by molar-refractivity contribution is 6.37. The van der Waals surface area contributed by atoms with Crippen molar-refractivity contribution in [2.45, 2.75) is 69.4 Å². The molecule has 0 N–H and O–H groups in total. The van der Waals surface area contributed by atoms with Gasteiger partial charge in [0.1, 0.15) is 69.0 Å². The first-order chi connectivity index (χ1) is 51.4. The second-order valence-electron chi connectivity index (χ2n) is 26.5. The van der Waals surface area contributed by atoms with Crippen LogP contribution < -0.4 is 24.2 Å². The molecule has 3 amide bonds. The Morgan fingerprint density at radius 3 is 1.39 bits per heavy atom. The van der Waals surface area contributed by atoms with Crippen molar-refractivity contribution in [2.24, 2.45) is 0 Å². The summed E-state index contributed by atoms with van der Waals surface area (Å²) in [7, 11) is 1.41. The van der Waals surface area contributed by atoms with Crippen LogP contribution in [0.25, 0.3) is 98.8 Å². The lowest BCUT2D eigenvalue weighted by Crippen LogP contribution is -2.63. The number of hydrogen-bond acceptors (Lipinski definition) is 17. The van der Waals surface area contributed by atoms with Gasteiger partial charge in [0.05, 0.1) is 76.2 Å². The maximum Gasteiger partial charge on any atom is 0.319 e. The third kappa shape index (κ3) is 11.4. The van der Waals surface area contributed by atoms with E-state index in [2.05, 4.69) is 75.6 Å². The quantitative estimate of drug-likeness (QED) is 0.0823. The molecule has 534 valence electrons. The number of hydrogen-bond donors (Lipinski definition) is 0. The number of benzene rings is 6. The zero-order chi connectivity index (χ0) is 73.7. The number of aryl methyl sites for hydroxylation is 1. The van der Waals surface area contributed by atoms with Gasteiger partial charge >= 0.3 is 12.0 Å². The lowest BCUT2D eigenvalue weighted by atomic mass is 9.96. The zero-order valence-electron chi connectivity index (χ0n) is 57.3. The maximum atomic E-state index is 16.2. The third-order valence-electron chi connectivity index (χ3n) is 21.1. The number of amides is 3. The molecule has 0 aliphatic carbocycles. The molecule has 12 aromatic rings. The van der Waals surface area contributed by atoms with Crippen molar-refractivity contribution < 1.29 is 45.8 Å². The molecule has 0 radical (unpaired) electrons. The second-order valence-corrected chi connectivity index (χ2v) is 27.3. The Balaban J connectivity index is 0.000000122. The molecule has 18 rings (SSSR count). The summed E-state index contributed by atoms with van der Waals surface area (Å²) >= 11 is 12.6. The molecule has 12 heterocycles. The van der Waals surface area contributed by atoms with Crippen LogP contribution in [0, 0.1) is 36.0 Å². The Morgan fingerprint density at radius 1 is 0.491 bits per heavy atom. The van der Waals surface area contributed by atoms with Gasteiger partial charge in [-0.2, -0.15) is 19.9 Å². The molecule has 20 nitrogen and oxygen atoms in total. The van der Waals surface area contributed by atoms with E-state index < -0.39 is 29.1 Å². The summed E-state index contributed by atoms with van der Waals surface area (Å²) in [4.78, 5) is 88.0. The molecule has 0 unspecified atom stereocenters. The van der Waals surface area contributed by atoms with E-state index in [-0.39, 0.29) is 110 Å². The number of fused-ring (bicyclic) bond motifs is 9. The lowest BCUT2D eigenvalue weighted by molar-refractivity contribution is -0.128. The number of anilines is 3. The fraction of sp³-hybridized carbons (Fsp3) is 0.241. The second kappa shape index (κ2) is 27.5. The van der Waals surface area contributed by atoms with Gasteiger partial charge < -0.3 is 38.9 Å². The largest absolute Gasteiger partial charge is 0.467 e. The van der Waals surface area contributed by atoms with Crippen LogP contribution in [0.15, 0.2) is 160 Å². The third-order valence-corrected chi connectivity index (χ3v) is 21.8. The monoisotopic (exact) mass is 1470 g/mol. The SMILES string of the molecule is C=CC(=O)N1CC[C@@H]2[C@H]1CN2c1nc(OC)nc2c(F)c(-c3cccc4ccc(F)c(Cl)c34)ncc12.C=CC(=O)N1CC[C@@H]2[C@H]1CN2c1nc(OCC)nc2c(F)c(-c3cccc4ccc(F)c(Cl)c34)ncc12.C=CC(=O)N1CC[C@@H]2[C@H]1CN2c1ncnc2c(F)c(-c3cccc4cc(C)ccc34)ncc12. The first-order valence-electron chi connectivity index (χ1n) is 34.4. The van der Waals surface area contributed by atoms with Gasteiger partial charge in [0, 0.05) is 85.3 Å². The molecule has 0 spiro atoms. The van der Waals surface area contributed by atoms with Crippen LogP contribution >= 0.6 is 23.2 Å². The van der Waals surface area contributed by atoms with E-state index in [4.69, 9.17) is 32.7 Å². The fourth-order valence-corrected chi connectivity index (χ4v) is 16.5. The molecule has 6 aliphatic rings. The van der Waals surface area contributed by atoms with E-state index >= 15 is 13.2 Å². The summed E-state index contributed by atoms with van der Waals surface area (Å²) in [6.07, 6.45) is 12.5. The number of rotatable bonds is 12. The van der Waals surface area contributed by atoms with E-state index in [1.54, 1.807) is 71.5 Å². The zero-order valence-corrected chi connectivity index (χ0v) is 58.8. The fourth-order valence-electron chi connectivity index (χ4n) is 15.9. The number of nitrogens with zero attached hydrogens (tertiary/aromatic N) is 15. The lowest BCUT2D eigenvalue weighted by Gasteiger charge is -2.47. The molecule has 6 aromatic carbocycles. The average Bonchev–Trinajstić information content (AvgIpc) is 1.53. The van der Waals surface area contributed by atoms with Crippen LogP contribution in [0.4, 0.5) is 39.4 Å². The number of methoxy groups -OCH3 is 1. The van der Waals surface area contributed by atoms with E-state index in [1.165, 1.54) is 56.2 Å². The first-order valence-corrected chi connectivity index (χ1v) is 35.2. The van der Waals surface area contributed by atoms with Gasteiger partial charge in [-0.1, -0.05) is 133 Å². The number of halogens is 7. The molecule has 6 aromatic heterocycles. The van der Waals surface area contributed by atoms with Crippen molar-refractivity contribution in [3.63, 3.8) is 0 Å². The Morgan fingerprint density at radius 2 is 0.915 bits per heavy atom. The summed E-state index contributed by atoms with van der Waals surface area (Å²) in [6, 6.07) is 28.5. The van der Waals surface area contributed by atoms with Crippen molar-refractivity contribution in [2.75, 3.05) is 67.7 Å². The molecular weight excluding hydrogens is 1400 g/mol. The minimum absolute atomic E-state index is 0.00240. The van der Waals surface area contributed by atoms with Crippen LogP contribution in [-0.2, 0) is 14.4 Å². The number of carbonyl (C=O) groups excluding carboxylic acids is 3. The number of pyridine rings is 3. The standard InChI is InChI=1S/C27H22ClF2N5O2.C26H20ClF2N5O2.C26H22FN5O/c1-3-20(36)34-11-10-18-19(34)13-35(18)26-16-12-31-24(23(30)25(16)32-27(33-26)37-4-2)15-7-5-6-14-8-9-17(29)22(28)21(14)15;1-3-19(35)33-10-9-17-18(33)12-34(17)25-15-11-30-23(22(29)24(15)31-26(32-25)36-2)14-6-4-5-13-7-8-16(28)21(27)20(13)14;1-3-22(33)31-10-9-20-21(31)13-32(20)26-19-12-28-24(23(27)25(19)29-14-30-26)18-6-4-5-16-11-15(2)7-8-17(16)18/h3,5-9,12,18-19H,1,4,10-11,13H2,2H3;3-8,11,17-18H,1,9-10,12H2,2H3;3-8,11-12,14,20-21H,1,9-10,13H2,2H3/t18-,19-;17-,18-;20-,21-/m111/s1. The van der Waals surface area contributed by atoms with Crippen molar-refractivity contribution >= 4 is 123 Å². The van der Waals surface area contributed by atoms with Gasteiger partial charge in [-0.05, 0) is 85.0 Å². The van der Waals surface area contributed by atoms with Gasteiger partial charge in [-0.3, -0.25) is 29.3 Å². The molecule has 106 heavy (non-hydrogen) atoms. The van der Waals surface area contributed by atoms with Crippen molar-refractivity contribution in [1.82, 2.24) is 59.6 Å². The maximum absolute atomic E-state index is 16.2. The minimum Gasteiger partial charge on any atom is -0.467 e. The molecule has 6 atom stereocenters. The number of carbonyl (C=O) groups is 3. The number of likely N-dealkylation sites (tertiary alicyclic amines) is 3. The smallest absolute Gasteiger partial charge is 0.319 e. The van der Waals surface area contributed by atoms with E-state index in [0.717, 1.165) is 41.2 Å². The van der Waals surface area contributed by atoms with Gasteiger partial charge in [0.15, 0.2) is 17.5 Å². The van der Waals surface area contributed by atoms with E-state index in [1.807, 2.05) is 52.0 Å². The molecule has 6 fully saturated rings. The highest BCUT2D eigenvalue weighted by Crippen LogP contribution is 2.46. The molecule has 0 saturated carbocycles. The summed E-state index contributed by atoms with van der Waals surface area (Å²) in [6.45, 7) is 18.6. The molecular formula is C79H64Cl2F5N15O5. The minimum atomic E-state index is -0.686. The van der Waals surface area contributed by atoms with Crippen LogP contribution in [0.1, 0.15) is 31.7 Å². The molecule has 27 heteroatoms. The summed E-state index contributed by atoms with van der Waals surface area (Å²) in [5.74, 6) is -1.60. The first kappa shape index (κ1) is 68.8. The van der Waals surface area contributed by atoms with Crippen LogP contribution in [0.2, 0.25) is 10.0 Å².